The molecule has 0 unspecified atom stereocenters. The number of carbonyl (C=O) groups excluding carboxylic acids is 1. The number of primary amides is 1. The molecule has 0 aliphatic carbocycles. The van der Waals surface area contributed by atoms with Crippen molar-refractivity contribution in [2.24, 2.45) is 5.73 Å². The molecule has 0 saturated carbocycles. The largest absolute Gasteiger partial charge is 0.369 e. The van der Waals surface area contributed by atoms with Gasteiger partial charge in [-0.05, 0) is 37.8 Å². The number of nitrogens with zero attached hydrogens (tertiary/aromatic N) is 4. The summed E-state index contributed by atoms with van der Waals surface area (Å²) in [5, 5.41) is 9.21. The van der Waals surface area contributed by atoms with Gasteiger partial charge in [0.25, 0.3) is 0 Å². The lowest BCUT2D eigenvalue weighted by Gasteiger charge is -2.28. The monoisotopic (exact) mass is 345 g/mol. The molecule has 7 heteroatoms. The predicted molar refractivity (Wildman–Crippen MR) is 96.6 cm³/mol. The summed E-state index contributed by atoms with van der Waals surface area (Å²) in [5.41, 5.74) is 6.51. The molecule has 1 aliphatic rings. The van der Waals surface area contributed by atoms with Gasteiger partial charge < -0.3 is 10.6 Å². The summed E-state index contributed by atoms with van der Waals surface area (Å²) in [6, 6.07) is 10.0. The van der Waals surface area contributed by atoms with E-state index in [9.17, 15) is 4.79 Å². The number of hydrogen-bond donors (Lipinski definition) is 1. The third-order valence-corrected chi connectivity index (χ3v) is 5.53. The fraction of sp³-hybridized carbons (Fsp3) is 0.471. The van der Waals surface area contributed by atoms with Gasteiger partial charge in [-0.15, -0.1) is 10.2 Å². The first-order valence-corrected chi connectivity index (χ1v) is 9.30. The van der Waals surface area contributed by atoms with Gasteiger partial charge in [0.15, 0.2) is 5.16 Å². The fourth-order valence-corrected chi connectivity index (χ4v) is 3.83. The van der Waals surface area contributed by atoms with E-state index in [4.69, 9.17) is 5.73 Å². The molecule has 2 heterocycles. The molecule has 1 aliphatic heterocycles. The van der Waals surface area contributed by atoms with E-state index in [-0.39, 0.29) is 11.2 Å². The summed E-state index contributed by atoms with van der Waals surface area (Å²) in [6.07, 6.45) is 4.27. The minimum absolute atomic E-state index is 0.300. The van der Waals surface area contributed by atoms with E-state index in [0.717, 1.165) is 24.7 Å². The van der Waals surface area contributed by atoms with Crippen molar-refractivity contribution in [1.82, 2.24) is 14.8 Å². The Balaban J connectivity index is 1.99. The van der Waals surface area contributed by atoms with E-state index < -0.39 is 0 Å². The lowest BCUT2D eigenvalue weighted by Crippen LogP contribution is -2.32. The van der Waals surface area contributed by atoms with Crippen LogP contribution in [0.3, 0.4) is 0 Å². The van der Waals surface area contributed by atoms with Crippen LogP contribution in [0.5, 0.6) is 0 Å². The van der Waals surface area contributed by atoms with Crippen molar-refractivity contribution >= 4 is 23.6 Å². The molecule has 0 bridgehead atoms. The molecule has 128 valence electrons. The molecule has 2 aromatic rings. The van der Waals surface area contributed by atoms with Crippen LogP contribution >= 0.6 is 11.8 Å². The van der Waals surface area contributed by atoms with Crippen LogP contribution in [-0.2, 0) is 4.79 Å². The number of carbonyl (C=O) groups is 1. The van der Waals surface area contributed by atoms with Gasteiger partial charge in [0, 0.05) is 13.1 Å². The molecule has 1 fully saturated rings. The number of anilines is 1. The van der Waals surface area contributed by atoms with E-state index in [1.54, 1.807) is 0 Å². The van der Waals surface area contributed by atoms with Crippen LogP contribution in [0.25, 0.3) is 5.69 Å². The zero-order valence-corrected chi connectivity index (χ0v) is 14.7. The first kappa shape index (κ1) is 16.8. The standard InChI is InChI=1S/C17H23N5OS/c1-2-14(15(18)23)24-17-20-19-16(21-11-7-4-8-12-21)22(17)13-9-5-3-6-10-13/h3,5-6,9-10,14H,2,4,7-8,11-12H2,1H3,(H2,18,23)/t14-/m1/s1. The van der Waals surface area contributed by atoms with E-state index in [2.05, 4.69) is 15.1 Å². The van der Waals surface area contributed by atoms with Gasteiger partial charge in [0.2, 0.25) is 11.9 Å². The molecule has 3 rings (SSSR count). The average molecular weight is 345 g/mol. The minimum Gasteiger partial charge on any atom is -0.369 e. The molecular weight excluding hydrogens is 322 g/mol. The second kappa shape index (κ2) is 7.70. The SMILES string of the molecule is CC[C@@H](Sc1nnc(N2CCCCC2)n1-c1ccccc1)C(N)=O. The summed E-state index contributed by atoms with van der Waals surface area (Å²) in [7, 11) is 0. The topological polar surface area (TPSA) is 77.0 Å². The van der Waals surface area contributed by atoms with E-state index in [0.29, 0.717) is 11.6 Å². The van der Waals surface area contributed by atoms with Crippen molar-refractivity contribution in [3.63, 3.8) is 0 Å². The third-order valence-electron chi connectivity index (χ3n) is 4.21. The molecule has 0 spiro atoms. The van der Waals surface area contributed by atoms with Crippen LogP contribution in [0, 0.1) is 0 Å². The number of rotatable bonds is 6. The lowest BCUT2D eigenvalue weighted by atomic mass is 10.1. The van der Waals surface area contributed by atoms with Crippen molar-refractivity contribution in [1.29, 1.82) is 0 Å². The summed E-state index contributed by atoms with van der Waals surface area (Å²) < 4.78 is 2.04. The second-order valence-corrected chi connectivity index (χ2v) is 7.09. The average Bonchev–Trinajstić information content (AvgIpc) is 3.04. The molecule has 1 amide bonds. The third kappa shape index (κ3) is 3.56. The van der Waals surface area contributed by atoms with Crippen LogP contribution in [0.1, 0.15) is 32.6 Å². The van der Waals surface area contributed by atoms with Crippen LogP contribution in [0.2, 0.25) is 0 Å². The van der Waals surface area contributed by atoms with Gasteiger partial charge >= 0.3 is 0 Å². The fourth-order valence-electron chi connectivity index (χ4n) is 2.91. The quantitative estimate of drug-likeness (QED) is 0.814. The normalized spacial score (nSPS) is 16.1. The first-order chi connectivity index (χ1) is 11.7. The van der Waals surface area contributed by atoms with Gasteiger partial charge in [-0.2, -0.15) is 0 Å². The maximum absolute atomic E-state index is 11.6. The Bertz CT molecular complexity index is 682. The van der Waals surface area contributed by atoms with E-state index in [1.807, 2.05) is 41.8 Å². The Morgan fingerprint density at radius 3 is 2.54 bits per heavy atom. The van der Waals surface area contributed by atoms with Crippen LogP contribution in [-0.4, -0.2) is 39.0 Å². The lowest BCUT2D eigenvalue weighted by molar-refractivity contribution is -0.117. The number of piperidine rings is 1. The Morgan fingerprint density at radius 1 is 1.21 bits per heavy atom. The Hall–Kier alpha value is -2.02. The predicted octanol–water partition coefficient (Wildman–Crippen LogP) is 2.61. The number of amides is 1. The van der Waals surface area contributed by atoms with Crippen molar-refractivity contribution in [3.8, 4) is 5.69 Å². The second-order valence-electron chi connectivity index (χ2n) is 5.92. The maximum atomic E-state index is 11.6. The summed E-state index contributed by atoms with van der Waals surface area (Å²) in [6.45, 7) is 3.93. The Labute approximate surface area is 146 Å². The van der Waals surface area contributed by atoms with Gasteiger partial charge in [-0.25, -0.2) is 0 Å². The highest BCUT2D eigenvalue weighted by molar-refractivity contribution is 8.00. The summed E-state index contributed by atoms with van der Waals surface area (Å²) >= 11 is 1.39. The van der Waals surface area contributed by atoms with Gasteiger partial charge in [0.1, 0.15) is 0 Å². The van der Waals surface area contributed by atoms with Gasteiger partial charge in [-0.1, -0.05) is 36.9 Å². The van der Waals surface area contributed by atoms with Gasteiger partial charge in [0.05, 0.1) is 10.9 Å². The number of aromatic nitrogens is 3. The Morgan fingerprint density at radius 2 is 1.92 bits per heavy atom. The van der Waals surface area contributed by atoms with E-state index >= 15 is 0 Å². The molecule has 1 atom stereocenters. The van der Waals surface area contributed by atoms with Crippen molar-refractivity contribution in [2.75, 3.05) is 18.0 Å². The molecule has 6 nitrogen and oxygen atoms in total. The van der Waals surface area contributed by atoms with E-state index in [1.165, 1.54) is 31.0 Å². The number of para-hydroxylation sites is 1. The zero-order valence-electron chi connectivity index (χ0n) is 13.9. The highest BCUT2D eigenvalue weighted by Crippen LogP contribution is 2.31. The summed E-state index contributed by atoms with van der Waals surface area (Å²) in [5.74, 6) is 0.535. The van der Waals surface area contributed by atoms with Crippen molar-refractivity contribution in [3.05, 3.63) is 30.3 Å². The smallest absolute Gasteiger partial charge is 0.232 e. The molecule has 1 saturated heterocycles. The first-order valence-electron chi connectivity index (χ1n) is 8.42. The van der Waals surface area contributed by atoms with Gasteiger partial charge in [-0.3, -0.25) is 9.36 Å². The molecule has 24 heavy (non-hydrogen) atoms. The highest BCUT2D eigenvalue weighted by atomic mass is 32.2. The van der Waals surface area contributed by atoms with Crippen LogP contribution in [0.4, 0.5) is 5.95 Å². The minimum atomic E-state index is -0.315. The molecule has 1 aromatic heterocycles. The molecule has 0 radical (unpaired) electrons. The zero-order chi connectivity index (χ0) is 16.9. The summed E-state index contributed by atoms with van der Waals surface area (Å²) in [4.78, 5) is 13.9. The Kier molecular flexibility index (Phi) is 5.40. The number of thioether (sulfide) groups is 1. The number of nitrogens with two attached hydrogens (primary N) is 1. The molecular formula is C17H23N5OS. The van der Waals surface area contributed by atoms with Crippen LogP contribution in [0.15, 0.2) is 35.5 Å². The number of benzene rings is 1. The molecule has 1 aromatic carbocycles. The maximum Gasteiger partial charge on any atom is 0.232 e. The van der Waals surface area contributed by atoms with Crippen molar-refractivity contribution < 1.29 is 4.79 Å². The number of hydrogen-bond acceptors (Lipinski definition) is 5. The van der Waals surface area contributed by atoms with Crippen molar-refractivity contribution in [2.45, 2.75) is 43.0 Å². The molecule has 2 N–H and O–H groups in total. The highest BCUT2D eigenvalue weighted by Gasteiger charge is 2.24. The van der Waals surface area contributed by atoms with Crippen LogP contribution < -0.4 is 10.6 Å².